The van der Waals surface area contributed by atoms with Crippen molar-refractivity contribution >= 4 is 12.4 Å². The summed E-state index contributed by atoms with van der Waals surface area (Å²) in [5.41, 5.74) is 0.485. The molecule has 1 aliphatic rings. The molecule has 1 atom stereocenters. The predicted octanol–water partition coefficient (Wildman–Crippen LogP) is 2.95. The average molecular weight is 238 g/mol. The third-order valence-corrected chi connectivity index (χ3v) is 2.47. The third kappa shape index (κ3) is 2.44. The van der Waals surface area contributed by atoms with Gasteiger partial charge in [-0.15, -0.1) is 12.4 Å². The first-order chi connectivity index (χ1) is 6.68. The molecule has 0 radical (unpaired) electrons. The van der Waals surface area contributed by atoms with Crippen LogP contribution in [0.15, 0.2) is 12.1 Å². The van der Waals surface area contributed by atoms with Crippen LogP contribution in [0.2, 0.25) is 0 Å². The summed E-state index contributed by atoms with van der Waals surface area (Å²) >= 11 is 0. The molecule has 0 saturated carbocycles. The fourth-order valence-electron chi connectivity index (χ4n) is 1.75. The highest BCUT2D eigenvalue weighted by molar-refractivity contribution is 5.85. The van der Waals surface area contributed by atoms with Crippen LogP contribution in [0, 0.1) is 17.5 Å². The van der Waals surface area contributed by atoms with E-state index >= 15 is 0 Å². The molecule has 1 aromatic rings. The van der Waals surface area contributed by atoms with E-state index in [1.165, 1.54) is 0 Å². The Balaban J connectivity index is 0.00000112. The molecule has 2 rings (SSSR count). The Morgan fingerprint density at radius 2 is 1.73 bits per heavy atom. The van der Waals surface area contributed by atoms with Crippen LogP contribution in [0.1, 0.15) is 24.4 Å². The summed E-state index contributed by atoms with van der Waals surface area (Å²) < 4.78 is 38.3. The van der Waals surface area contributed by atoms with Gasteiger partial charge in [0, 0.05) is 6.04 Å². The average Bonchev–Trinajstić information content (AvgIpc) is 2.66. The van der Waals surface area contributed by atoms with Crippen molar-refractivity contribution in [2.75, 3.05) is 6.54 Å². The van der Waals surface area contributed by atoms with Crippen LogP contribution < -0.4 is 5.32 Å². The lowest BCUT2D eigenvalue weighted by atomic mass is 10.1. The Morgan fingerprint density at radius 1 is 1.13 bits per heavy atom. The topological polar surface area (TPSA) is 12.0 Å². The van der Waals surface area contributed by atoms with E-state index in [4.69, 9.17) is 0 Å². The van der Waals surface area contributed by atoms with Crippen LogP contribution in [0.4, 0.5) is 13.2 Å². The Kier molecular flexibility index (Phi) is 3.99. The second-order valence-electron chi connectivity index (χ2n) is 3.45. The molecule has 0 aromatic heterocycles. The molecule has 1 N–H and O–H groups in total. The van der Waals surface area contributed by atoms with Crippen LogP contribution in [-0.4, -0.2) is 6.54 Å². The van der Waals surface area contributed by atoms with Gasteiger partial charge in [-0.1, -0.05) is 0 Å². The number of hydrogen-bond acceptors (Lipinski definition) is 1. The predicted molar refractivity (Wildman–Crippen MR) is 53.5 cm³/mol. The van der Waals surface area contributed by atoms with Crippen LogP contribution in [0.5, 0.6) is 0 Å². The van der Waals surface area contributed by atoms with Gasteiger partial charge in [-0.3, -0.25) is 0 Å². The Labute approximate surface area is 92.1 Å². The summed E-state index contributed by atoms with van der Waals surface area (Å²) in [5, 5.41) is 3.09. The van der Waals surface area contributed by atoms with E-state index < -0.39 is 17.5 Å². The van der Waals surface area contributed by atoms with Gasteiger partial charge < -0.3 is 5.32 Å². The first-order valence-electron chi connectivity index (χ1n) is 4.56. The SMILES string of the molecule is Cl.Fc1cc([C@@H]2CCCN2)cc(F)c1F. The molecule has 15 heavy (non-hydrogen) atoms. The van der Waals surface area contributed by atoms with Gasteiger partial charge in [-0.05, 0) is 37.1 Å². The maximum Gasteiger partial charge on any atom is 0.194 e. The van der Waals surface area contributed by atoms with Gasteiger partial charge in [0.1, 0.15) is 0 Å². The van der Waals surface area contributed by atoms with Crippen LogP contribution in [-0.2, 0) is 0 Å². The highest BCUT2D eigenvalue weighted by atomic mass is 35.5. The van der Waals surface area contributed by atoms with Gasteiger partial charge in [0.05, 0.1) is 0 Å². The monoisotopic (exact) mass is 237 g/mol. The minimum atomic E-state index is -1.40. The van der Waals surface area contributed by atoms with Crippen LogP contribution >= 0.6 is 12.4 Å². The Hall–Kier alpha value is -0.740. The zero-order valence-corrected chi connectivity index (χ0v) is 8.71. The van der Waals surface area contributed by atoms with E-state index in [2.05, 4.69) is 5.32 Å². The zero-order chi connectivity index (χ0) is 10.1. The largest absolute Gasteiger partial charge is 0.310 e. The quantitative estimate of drug-likeness (QED) is 0.741. The summed E-state index contributed by atoms with van der Waals surface area (Å²) in [7, 11) is 0. The standard InChI is InChI=1S/C10H10F3N.ClH/c11-7-4-6(5-8(12)10(7)13)9-2-1-3-14-9;/h4-5,9,14H,1-3H2;1H/t9-;/m0./s1. The molecule has 1 nitrogen and oxygen atoms in total. The van der Waals surface area contributed by atoms with E-state index in [1.54, 1.807) is 0 Å². The smallest absolute Gasteiger partial charge is 0.194 e. The molecule has 84 valence electrons. The second-order valence-corrected chi connectivity index (χ2v) is 3.45. The van der Waals surface area contributed by atoms with Crippen molar-refractivity contribution < 1.29 is 13.2 Å². The summed E-state index contributed by atoms with van der Waals surface area (Å²) in [6.45, 7) is 0.839. The Bertz CT molecular complexity index is 328. The molecule has 0 unspecified atom stereocenters. The van der Waals surface area contributed by atoms with Gasteiger partial charge >= 0.3 is 0 Å². The fourth-order valence-corrected chi connectivity index (χ4v) is 1.75. The zero-order valence-electron chi connectivity index (χ0n) is 7.90. The molecule has 0 aliphatic carbocycles. The fraction of sp³-hybridized carbons (Fsp3) is 0.400. The van der Waals surface area contributed by atoms with Crippen LogP contribution in [0.25, 0.3) is 0 Å². The summed E-state index contributed by atoms with van der Waals surface area (Å²) in [4.78, 5) is 0. The molecule has 1 saturated heterocycles. The van der Waals surface area contributed by atoms with Crippen molar-refractivity contribution in [2.45, 2.75) is 18.9 Å². The van der Waals surface area contributed by atoms with Gasteiger partial charge in [-0.25, -0.2) is 13.2 Å². The van der Waals surface area contributed by atoms with Crippen molar-refractivity contribution in [2.24, 2.45) is 0 Å². The van der Waals surface area contributed by atoms with Crippen molar-refractivity contribution in [3.63, 3.8) is 0 Å². The second kappa shape index (κ2) is 4.86. The molecule has 0 spiro atoms. The summed E-state index contributed by atoms with van der Waals surface area (Å²) in [5.74, 6) is -3.63. The van der Waals surface area contributed by atoms with Gasteiger partial charge in [0.25, 0.3) is 0 Å². The minimum Gasteiger partial charge on any atom is -0.310 e. The molecular weight excluding hydrogens is 227 g/mol. The number of rotatable bonds is 1. The summed E-state index contributed by atoms with van der Waals surface area (Å²) in [6.07, 6.45) is 1.82. The van der Waals surface area contributed by atoms with E-state index in [1.807, 2.05) is 0 Å². The van der Waals surface area contributed by atoms with Crippen molar-refractivity contribution in [1.29, 1.82) is 0 Å². The number of halogens is 4. The van der Waals surface area contributed by atoms with E-state index in [-0.39, 0.29) is 18.4 Å². The number of benzene rings is 1. The highest BCUT2D eigenvalue weighted by Gasteiger charge is 2.19. The number of hydrogen-bond donors (Lipinski definition) is 1. The van der Waals surface area contributed by atoms with E-state index in [9.17, 15) is 13.2 Å². The highest BCUT2D eigenvalue weighted by Crippen LogP contribution is 2.25. The molecule has 1 aliphatic heterocycles. The maximum absolute atomic E-state index is 12.9. The lowest BCUT2D eigenvalue weighted by Gasteiger charge is -2.10. The normalized spacial score (nSPS) is 20.1. The molecule has 0 amide bonds. The molecule has 5 heteroatoms. The Morgan fingerprint density at radius 3 is 2.20 bits per heavy atom. The van der Waals surface area contributed by atoms with Crippen LogP contribution in [0.3, 0.4) is 0 Å². The van der Waals surface area contributed by atoms with Gasteiger partial charge in [0.2, 0.25) is 0 Å². The van der Waals surface area contributed by atoms with Gasteiger partial charge in [0.15, 0.2) is 17.5 Å². The van der Waals surface area contributed by atoms with Crippen molar-refractivity contribution in [3.05, 3.63) is 35.1 Å². The molecule has 1 fully saturated rings. The molecule has 0 bridgehead atoms. The first kappa shape index (κ1) is 12.3. The van der Waals surface area contributed by atoms with Crippen molar-refractivity contribution in [1.82, 2.24) is 5.32 Å². The van der Waals surface area contributed by atoms with Crippen molar-refractivity contribution in [3.8, 4) is 0 Å². The lowest BCUT2D eigenvalue weighted by molar-refractivity contribution is 0.442. The molecule has 1 aromatic carbocycles. The minimum absolute atomic E-state index is 0. The van der Waals surface area contributed by atoms with E-state index in [0.717, 1.165) is 31.5 Å². The van der Waals surface area contributed by atoms with E-state index in [0.29, 0.717) is 5.56 Å². The molecular formula is C10H11ClF3N. The molecule has 1 heterocycles. The maximum atomic E-state index is 12.9. The van der Waals surface area contributed by atoms with Gasteiger partial charge in [-0.2, -0.15) is 0 Å². The first-order valence-corrected chi connectivity index (χ1v) is 4.56. The lowest BCUT2D eigenvalue weighted by Crippen LogP contribution is -2.13. The number of nitrogens with one attached hydrogen (secondary N) is 1. The third-order valence-electron chi connectivity index (χ3n) is 2.47. The summed E-state index contributed by atoms with van der Waals surface area (Å²) in [6, 6.07) is 2.07.